The van der Waals surface area contributed by atoms with Crippen LogP contribution in [-0.4, -0.2) is 17.5 Å². The van der Waals surface area contributed by atoms with Gasteiger partial charge in [0.2, 0.25) is 0 Å². The van der Waals surface area contributed by atoms with E-state index in [2.05, 4.69) is 17.6 Å². The van der Waals surface area contributed by atoms with Crippen molar-refractivity contribution in [2.45, 2.75) is 62.3 Å². The second-order valence-electron chi connectivity index (χ2n) is 5.75. The first-order chi connectivity index (χ1) is 9.26. The van der Waals surface area contributed by atoms with Crippen molar-refractivity contribution in [3.05, 3.63) is 20.8 Å². The molecule has 4 heteroatoms. The van der Waals surface area contributed by atoms with E-state index in [1.54, 1.807) is 11.3 Å². The van der Waals surface area contributed by atoms with Gasteiger partial charge in [-0.1, -0.05) is 11.6 Å². The predicted molar refractivity (Wildman–Crippen MR) is 87.7 cm³/mol. The van der Waals surface area contributed by atoms with E-state index in [0.29, 0.717) is 6.04 Å². The molecule has 0 spiro atoms. The molecule has 1 saturated carbocycles. The average molecular weight is 316 g/mol. The minimum Gasteiger partial charge on any atom is -0.307 e. The van der Waals surface area contributed by atoms with Crippen LogP contribution in [0.2, 0.25) is 4.34 Å². The molecular formula is C15H22ClNS2. The molecule has 1 nitrogen and oxygen atoms in total. The molecule has 0 aromatic carbocycles. The molecule has 1 heterocycles. The van der Waals surface area contributed by atoms with E-state index < -0.39 is 0 Å². The smallest absolute Gasteiger partial charge is 0.0934 e. The number of halogens is 1. The van der Waals surface area contributed by atoms with Crippen molar-refractivity contribution in [1.82, 2.24) is 5.32 Å². The number of rotatable bonds is 3. The molecule has 3 rings (SSSR count). The number of hydrogen-bond acceptors (Lipinski definition) is 3. The highest BCUT2D eigenvalue weighted by atomic mass is 35.5. The van der Waals surface area contributed by atoms with Gasteiger partial charge in [0, 0.05) is 22.2 Å². The standard InChI is InChI=1S/C15H22ClNS2/c1-18-11-7-5-10(6-8-11)17-13-3-2-4-14-12(13)9-15(16)19-14/h9-11,13,17H,2-8H2,1H3. The maximum absolute atomic E-state index is 6.18. The summed E-state index contributed by atoms with van der Waals surface area (Å²) >= 11 is 10.0. The number of hydrogen-bond donors (Lipinski definition) is 1. The lowest BCUT2D eigenvalue weighted by molar-refractivity contribution is 0.326. The molecule has 0 aliphatic heterocycles. The molecule has 0 radical (unpaired) electrons. The van der Waals surface area contributed by atoms with Crippen molar-refractivity contribution in [3.63, 3.8) is 0 Å². The molecule has 1 unspecified atom stereocenters. The highest BCUT2D eigenvalue weighted by molar-refractivity contribution is 7.99. The second kappa shape index (κ2) is 6.38. The Balaban J connectivity index is 1.62. The quantitative estimate of drug-likeness (QED) is 0.838. The first kappa shape index (κ1) is 14.2. The van der Waals surface area contributed by atoms with Gasteiger partial charge in [-0.2, -0.15) is 11.8 Å². The van der Waals surface area contributed by atoms with Gasteiger partial charge in [-0.15, -0.1) is 11.3 Å². The van der Waals surface area contributed by atoms with E-state index >= 15 is 0 Å². The fourth-order valence-corrected chi connectivity index (χ4v) is 5.57. The van der Waals surface area contributed by atoms with Gasteiger partial charge in [0.25, 0.3) is 0 Å². The number of fused-ring (bicyclic) bond motifs is 1. The number of thiophene rings is 1. The zero-order chi connectivity index (χ0) is 13.2. The summed E-state index contributed by atoms with van der Waals surface area (Å²) < 4.78 is 0.963. The zero-order valence-electron chi connectivity index (χ0n) is 11.5. The molecule has 1 fully saturated rings. The minimum atomic E-state index is 0.559. The molecule has 1 aromatic rings. The number of aryl methyl sites for hydroxylation is 1. The van der Waals surface area contributed by atoms with Gasteiger partial charge in [0.05, 0.1) is 4.34 Å². The van der Waals surface area contributed by atoms with E-state index in [1.807, 2.05) is 11.8 Å². The van der Waals surface area contributed by atoms with Crippen LogP contribution in [0.3, 0.4) is 0 Å². The second-order valence-corrected chi connectivity index (χ2v) is 8.66. The van der Waals surface area contributed by atoms with E-state index in [4.69, 9.17) is 11.6 Å². The Labute approximate surface area is 129 Å². The average Bonchev–Trinajstić information content (AvgIpc) is 2.81. The van der Waals surface area contributed by atoms with Crippen molar-refractivity contribution in [2.75, 3.05) is 6.26 Å². The summed E-state index contributed by atoms with van der Waals surface area (Å²) in [6.07, 6.45) is 11.5. The van der Waals surface area contributed by atoms with Gasteiger partial charge in [-0.25, -0.2) is 0 Å². The predicted octanol–water partition coefficient (Wildman–Crippen LogP) is 5.04. The van der Waals surface area contributed by atoms with Gasteiger partial charge >= 0.3 is 0 Å². The van der Waals surface area contributed by atoms with E-state index in [1.165, 1.54) is 55.4 Å². The summed E-state index contributed by atoms with van der Waals surface area (Å²) in [5.74, 6) is 0. The SMILES string of the molecule is CSC1CCC(NC2CCCc3sc(Cl)cc32)CC1. The van der Waals surface area contributed by atoms with Crippen LogP contribution in [0.4, 0.5) is 0 Å². The molecular weight excluding hydrogens is 294 g/mol. The van der Waals surface area contributed by atoms with Crippen molar-refractivity contribution < 1.29 is 0 Å². The van der Waals surface area contributed by atoms with Gasteiger partial charge in [0.1, 0.15) is 0 Å². The lowest BCUT2D eigenvalue weighted by Crippen LogP contribution is -2.37. The summed E-state index contributed by atoms with van der Waals surface area (Å²) in [4.78, 5) is 1.52. The summed E-state index contributed by atoms with van der Waals surface area (Å²) in [7, 11) is 0. The molecule has 0 bridgehead atoms. The molecule has 0 amide bonds. The lowest BCUT2D eigenvalue weighted by Gasteiger charge is -2.33. The Morgan fingerprint density at radius 2 is 2.05 bits per heavy atom. The third-order valence-corrected chi connectivity index (χ3v) is 7.01. The highest BCUT2D eigenvalue weighted by Gasteiger charge is 2.27. The maximum Gasteiger partial charge on any atom is 0.0934 e. The Kier molecular flexibility index (Phi) is 4.78. The Morgan fingerprint density at radius 1 is 1.26 bits per heavy atom. The summed E-state index contributed by atoms with van der Waals surface area (Å²) in [6, 6.07) is 3.48. The van der Waals surface area contributed by atoms with Crippen LogP contribution in [-0.2, 0) is 6.42 Å². The fourth-order valence-electron chi connectivity index (χ4n) is 3.44. The van der Waals surface area contributed by atoms with Crippen LogP contribution in [0.15, 0.2) is 6.07 Å². The van der Waals surface area contributed by atoms with Gasteiger partial charge in [0.15, 0.2) is 0 Å². The number of nitrogens with one attached hydrogen (secondary N) is 1. The van der Waals surface area contributed by atoms with Gasteiger partial charge in [-0.05, 0) is 62.8 Å². The van der Waals surface area contributed by atoms with Gasteiger partial charge < -0.3 is 5.32 Å². The minimum absolute atomic E-state index is 0.559. The van der Waals surface area contributed by atoms with Crippen molar-refractivity contribution >= 4 is 34.7 Å². The fraction of sp³-hybridized carbons (Fsp3) is 0.733. The van der Waals surface area contributed by atoms with E-state index in [9.17, 15) is 0 Å². The van der Waals surface area contributed by atoms with Crippen LogP contribution < -0.4 is 5.32 Å². The Hall–Kier alpha value is 0.300. The summed E-state index contributed by atoms with van der Waals surface area (Å²) in [5.41, 5.74) is 1.49. The monoisotopic (exact) mass is 315 g/mol. The summed E-state index contributed by atoms with van der Waals surface area (Å²) in [5, 5.41) is 4.81. The van der Waals surface area contributed by atoms with E-state index in [-0.39, 0.29) is 0 Å². The summed E-state index contributed by atoms with van der Waals surface area (Å²) in [6.45, 7) is 0. The van der Waals surface area contributed by atoms with Crippen LogP contribution in [0, 0.1) is 0 Å². The first-order valence-corrected chi connectivity index (χ1v) is 9.81. The molecule has 2 aliphatic rings. The van der Waals surface area contributed by atoms with E-state index in [0.717, 1.165) is 15.6 Å². The molecule has 1 N–H and O–H groups in total. The van der Waals surface area contributed by atoms with Crippen LogP contribution in [0.25, 0.3) is 0 Å². The third kappa shape index (κ3) is 3.31. The largest absolute Gasteiger partial charge is 0.307 e. The molecule has 19 heavy (non-hydrogen) atoms. The maximum atomic E-state index is 6.18. The van der Waals surface area contributed by atoms with Crippen molar-refractivity contribution in [2.24, 2.45) is 0 Å². The van der Waals surface area contributed by atoms with Crippen molar-refractivity contribution in [1.29, 1.82) is 0 Å². The molecule has 1 aromatic heterocycles. The molecule has 2 aliphatic carbocycles. The Morgan fingerprint density at radius 3 is 2.79 bits per heavy atom. The zero-order valence-corrected chi connectivity index (χ0v) is 13.8. The molecule has 1 atom stereocenters. The van der Waals surface area contributed by atoms with Crippen LogP contribution in [0.1, 0.15) is 55.0 Å². The highest BCUT2D eigenvalue weighted by Crippen LogP contribution is 2.39. The Bertz CT molecular complexity index is 424. The van der Waals surface area contributed by atoms with Gasteiger partial charge in [-0.3, -0.25) is 0 Å². The molecule has 0 saturated heterocycles. The third-order valence-electron chi connectivity index (χ3n) is 4.53. The van der Waals surface area contributed by atoms with Crippen LogP contribution >= 0.6 is 34.7 Å². The topological polar surface area (TPSA) is 12.0 Å². The van der Waals surface area contributed by atoms with Crippen LogP contribution in [0.5, 0.6) is 0 Å². The lowest BCUT2D eigenvalue weighted by atomic mass is 9.90. The normalized spacial score (nSPS) is 31.2. The number of thioether (sulfide) groups is 1. The first-order valence-electron chi connectivity index (χ1n) is 7.33. The molecule has 106 valence electrons. The van der Waals surface area contributed by atoms with Crippen molar-refractivity contribution in [3.8, 4) is 0 Å².